The molecule has 1 aromatic heterocycles. The topological polar surface area (TPSA) is 42.4 Å². The second-order valence-corrected chi connectivity index (χ2v) is 8.06. The molecule has 0 bridgehead atoms. The van der Waals surface area contributed by atoms with E-state index in [1.54, 1.807) is 0 Å². The molecule has 1 amide bonds. The molecular weight excluding hydrogens is 356 g/mol. The third-order valence-electron chi connectivity index (χ3n) is 4.84. The minimum absolute atomic E-state index is 0.0315. The molecule has 138 valence electrons. The predicted molar refractivity (Wildman–Crippen MR) is 109 cm³/mol. The average Bonchev–Trinajstić information content (AvgIpc) is 3.19. The van der Waals surface area contributed by atoms with Crippen molar-refractivity contribution in [3.8, 4) is 5.75 Å². The number of aryl methyl sites for hydroxylation is 2. The number of hydrogen-bond donors (Lipinski definition) is 0. The first-order chi connectivity index (χ1) is 13.0. The quantitative estimate of drug-likeness (QED) is 0.646. The Balaban J connectivity index is 1.53. The zero-order valence-corrected chi connectivity index (χ0v) is 16.5. The molecule has 3 aromatic rings. The van der Waals surface area contributed by atoms with E-state index >= 15 is 0 Å². The molecule has 2 aromatic carbocycles. The summed E-state index contributed by atoms with van der Waals surface area (Å²) in [6.45, 7) is 6.40. The summed E-state index contributed by atoms with van der Waals surface area (Å²) in [5.41, 5.74) is 4.20. The Labute approximate surface area is 163 Å². The van der Waals surface area contributed by atoms with Gasteiger partial charge in [0, 0.05) is 11.7 Å². The fourth-order valence-corrected chi connectivity index (χ4v) is 4.39. The minimum atomic E-state index is 0.0315. The summed E-state index contributed by atoms with van der Waals surface area (Å²) in [5, 5.41) is 0.816. The Morgan fingerprint density at radius 1 is 1.19 bits per heavy atom. The summed E-state index contributed by atoms with van der Waals surface area (Å²) < 4.78 is 5.82. The van der Waals surface area contributed by atoms with Crippen molar-refractivity contribution in [1.29, 1.82) is 0 Å². The zero-order valence-electron chi connectivity index (χ0n) is 15.7. The Bertz CT molecular complexity index is 978. The van der Waals surface area contributed by atoms with Crippen molar-refractivity contribution in [2.24, 2.45) is 0 Å². The van der Waals surface area contributed by atoms with Crippen LogP contribution in [-0.4, -0.2) is 16.9 Å². The first kappa shape index (κ1) is 17.7. The Kier molecular flexibility index (Phi) is 4.70. The maximum absolute atomic E-state index is 13.2. The van der Waals surface area contributed by atoms with E-state index in [2.05, 4.69) is 18.0 Å². The molecule has 1 atom stereocenters. The van der Waals surface area contributed by atoms with Crippen LogP contribution in [0.25, 0.3) is 0 Å². The lowest BCUT2D eigenvalue weighted by Crippen LogP contribution is -2.35. The number of thiazole rings is 1. The van der Waals surface area contributed by atoms with Gasteiger partial charge in [-0.1, -0.05) is 35.9 Å². The van der Waals surface area contributed by atoms with Crippen molar-refractivity contribution in [2.45, 2.75) is 39.8 Å². The van der Waals surface area contributed by atoms with Crippen LogP contribution in [0.1, 0.15) is 38.4 Å². The first-order valence-electron chi connectivity index (χ1n) is 9.10. The van der Waals surface area contributed by atoms with Gasteiger partial charge in [-0.25, -0.2) is 4.98 Å². The van der Waals surface area contributed by atoms with Crippen molar-refractivity contribution in [3.63, 3.8) is 0 Å². The highest BCUT2D eigenvalue weighted by atomic mass is 32.1. The summed E-state index contributed by atoms with van der Waals surface area (Å²) in [6, 6.07) is 16.2. The van der Waals surface area contributed by atoms with Crippen LogP contribution in [-0.2, 0) is 13.0 Å². The number of fused-ring (bicyclic) bond motifs is 1. The molecule has 4 nitrogen and oxygen atoms in total. The summed E-state index contributed by atoms with van der Waals surface area (Å²) in [5.74, 6) is 0.840. The molecule has 1 aliphatic rings. The van der Waals surface area contributed by atoms with Gasteiger partial charge in [0.1, 0.15) is 22.2 Å². The van der Waals surface area contributed by atoms with E-state index in [1.807, 2.05) is 61.2 Å². The first-order valence-corrected chi connectivity index (χ1v) is 9.92. The fourth-order valence-electron chi connectivity index (χ4n) is 3.48. The SMILES string of the molecule is Cc1ccc(OCc2nc(C)c(C(=O)N3c4ccccc4CC3C)s2)cc1. The second-order valence-electron chi connectivity index (χ2n) is 6.98. The molecule has 0 saturated heterocycles. The Morgan fingerprint density at radius 3 is 2.70 bits per heavy atom. The molecule has 2 heterocycles. The third kappa shape index (κ3) is 3.47. The van der Waals surface area contributed by atoms with Gasteiger partial charge in [0.2, 0.25) is 0 Å². The zero-order chi connectivity index (χ0) is 19.0. The van der Waals surface area contributed by atoms with Crippen LogP contribution >= 0.6 is 11.3 Å². The lowest BCUT2D eigenvalue weighted by Gasteiger charge is -2.22. The van der Waals surface area contributed by atoms with Gasteiger partial charge >= 0.3 is 0 Å². The van der Waals surface area contributed by atoms with Gasteiger partial charge in [-0.3, -0.25) is 4.79 Å². The van der Waals surface area contributed by atoms with Crippen LogP contribution in [0.2, 0.25) is 0 Å². The Morgan fingerprint density at radius 2 is 1.93 bits per heavy atom. The van der Waals surface area contributed by atoms with Crippen LogP contribution < -0.4 is 9.64 Å². The molecule has 0 saturated carbocycles. The van der Waals surface area contributed by atoms with Crippen LogP contribution in [0.3, 0.4) is 0 Å². The lowest BCUT2D eigenvalue weighted by atomic mass is 10.1. The highest BCUT2D eigenvalue weighted by molar-refractivity contribution is 7.13. The molecule has 0 fully saturated rings. The van der Waals surface area contributed by atoms with E-state index in [0.717, 1.165) is 28.6 Å². The van der Waals surface area contributed by atoms with Crippen molar-refractivity contribution < 1.29 is 9.53 Å². The number of rotatable bonds is 4. The largest absolute Gasteiger partial charge is 0.486 e. The van der Waals surface area contributed by atoms with E-state index in [9.17, 15) is 4.79 Å². The van der Waals surface area contributed by atoms with Gasteiger partial charge < -0.3 is 9.64 Å². The van der Waals surface area contributed by atoms with Crippen LogP contribution in [0.15, 0.2) is 48.5 Å². The number of anilines is 1. The monoisotopic (exact) mass is 378 g/mol. The van der Waals surface area contributed by atoms with Gasteiger partial charge in [0.05, 0.1) is 5.69 Å². The number of carbonyl (C=O) groups is 1. The molecular formula is C22H22N2O2S. The summed E-state index contributed by atoms with van der Waals surface area (Å²) in [6.07, 6.45) is 0.892. The molecule has 1 aliphatic heterocycles. The number of aromatic nitrogens is 1. The van der Waals surface area contributed by atoms with Gasteiger partial charge in [0.15, 0.2) is 0 Å². The minimum Gasteiger partial charge on any atom is -0.486 e. The number of hydrogen-bond acceptors (Lipinski definition) is 4. The van der Waals surface area contributed by atoms with Crippen molar-refractivity contribution in [1.82, 2.24) is 4.98 Å². The van der Waals surface area contributed by atoms with Crippen LogP contribution in [0, 0.1) is 13.8 Å². The number of benzene rings is 2. The van der Waals surface area contributed by atoms with Gasteiger partial charge in [-0.05, 0) is 51.0 Å². The van der Waals surface area contributed by atoms with Crippen LogP contribution in [0.5, 0.6) is 5.75 Å². The standard InChI is InChI=1S/C22H22N2O2S/c1-14-8-10-18(11-9-14)26-13-20-23-16(3)21(27-20)22(25)24-15(2)12-17-6-4-5-7-19(17)24/h4-11,15H,12-13H2,1-3H3. The van der Waals surface area contributed by atoms with E-state index in [-0.39, 0.29) is 11.9 Å². The molecule has 0 aliphatic carbocycles. The molecule has 0 spiro atoms. The normalized spacial score (nSPS) is 15.7. The Hall–Kier alpha value is -2.66. The van der Waals surface area contributed by atoms with Crippen molar-refractivity contribution in [2.75, 3.05) is 4.90 Å². The number of carbonyl (C=O) groups excluding carboxylic acids is 1. The third-order valence-corrected chi connectivity index (χ3v) is 5.96. The highest BCUT2D eigenvalue weighted by Gasteiger charge is 2.33. The predicted octanol–water partition coefficient (Wildman–Crippen LogP) is 4.93. The maximum atomic E-state index is 13.2. The molecule has 27 heavy (non-hydrogen) atoms. The average molecular weight is 378 g/mol. The highest BCUT2D eigenvalue weighted by Crippen LogP contribution is 2.34. The number of nitrogens with zero attached hydrogens (tertiary/aromatic N) is 2. The van der Waals surface area contributed by atoms with Crippen molar-refractivity contribution in [3.05, 3.63) is 75.2 Å². The number of ether oxygens (including phenoxy) is 1. The molecule has 4 rings (SSSR count). The van der Waals surface area contributed by atoms with Gasteiger partial charge in [-0.15, -0.1) is 11.3 Å². The van der Waals surface area contributed by atoms with Gasteiger partial charge in [0.25, 0.3) is 5.91 Å². The summed E-state index contributed by atoms with van der Waals surface area (Å²) in [7, 11) is 0. The van der Waals surface area contributed by atoms with Crippen LogP contribution in [0.4, 0.5) is 5.69 Å². The molecule has 1 unspecified atom stereocenters. The van der Waals surface area contributed by atoms with E-state index in [1.165, 1.54) is 22.5 Å². The van der Waals surface area contributed by atoms with E-state index in [0.29, 0.717) is 11.5 Å². The fraction of sp³-hybridized carbons (Fsp3) is 0.273. The number of amides is 1. The van der Waals surface area contributed by atoms with E-state index < -0.39 is 0 Å². The summed E-state index contributed by atoms with van der Waals surface area (Å²) in [4.78, 5) is 20.4. The molecule has 0 radical (unpaired) electrons. The van der Waals surface area contributed by atoms with E-state index in [4.69, 9.17) is 4.74 Å². The van der Waals surface area contributed by atoms with Crippen molar-refractivity contribution >= 4 is 22.9 Å². The maximum Gasteiger partial charge on any atom is 0.270 e. The summed E-state index contributed by atoms with van der Waals surface area (Å²) >= 11 is 1.43. The lowest BCUT2D eigenvalue weighted by molar-refractivity contribution is 0.0984. The van der Waals surface area contributed by atoms with Gasteiger partial charge in [-0.2, -0.15) is 0 Å². The molecule has 0 N–H and O–H groups in total. The molecule has 5 heteroatoms. The second kappa shape index (κ2) is 7.16. The smallest absolute Gasteiger partial charge is 0.270 e. The number of para-hydroxylation sites is 1.